The predicted molar refractivity (Wildman–Crippen MR) is 93.2 cm³/mol. The fraction of sp³-hybridized carbons (Fsp3) is 0.562. The molecule has 2 N–H and O–H groups in total. The van der Waals surface area contributed by atoms with Crippen LogP contribution in [-0.2, 0) is 14.8 Å². The molecule has 0 unspecified atom stereocenters. The summed E-state index contributed by atoms with van der Waals surface area (Å²) in [7, 11) is -3.16. The second-order valence-electron chi connectivity index (χ2n) is 5.97. The van der Waals surface area contributed by atoms with Crippen LogP contribution in [0.1, 0.15) is 33.6 Å². The van der Waals surface area contributed by atoms with Crippen molar-refractivity contribution in [3.63, 3.8) is 0 Å². The van der Waals surface area contributed by atoms with Crippen molar-refractivity contribution in [3.05, 3.63) is 24.3 Å². The summed E-state index contributed by atoms with van der Waals surface area (Å²) in [5, 5.41) is 6.06. The van der Waals surface area contributed by atoms with Gasteiger partial charge in [-0.25, -0.2) is 8.42 Å². The van der Waals surface area contributed by atoms with Crippen molar-refractivity contribution < 1.29 is 13.2 Å². The Balaban J connectivity index is 1.99. The maximum absolute atomic E-state index is 12.0. The largest absolute Gasteiger partial charge is 0.374 e. The predicted octanol–water partition coefficient (Wildman–Crippen LogP) is 1.94. The molecule has 0 aromatic heterocycles. The highest BCUT2D eigenvalue weighted by Gasteiger charge is 2.28. The molecule has 1 aliphatic rings. The number of carbonyl (C=O) groups excluding carboxylic acids is 1. The van der Waals surface area contributed by atoms with Gasteiger partial charge >= 0.3 is 0 Å². The lowest BCUT2D eigenvalue weighted by atomic mass is 10.2. The summed E-state index contributed by atoms with van der Waals surface area (Å²) in [4.78, 5) is 12.0. The zero-order valence-corrected chi connectivity index (χ0v) is 14.7. The van der Waals surface area contributed by atoms with Gasteiger partial charge < -0.3 is 10.6 Å². The third-order valence-electron chi connectivity index (χ3n) is 4.03. The highest BCUT2D eigenvalue weighted by atomic mass is 32.2. The molecule has 1 amide bonds. The Kier molecular flexibility index (Phi) is 5.51. The highest BCUT2D eigenvalue weighted by Crippen LogP contribution is 2.25. The lowest BCUT2D eigenvalue weighted by Gasteiger charge is -2.20. The zero-order valence-electron chi connectivity index (χ0n) is 13.9. The fourth-order valence-electron chi connectivity index (χ4n) is 2.44. The lowest BCUT2D eigenvalue weighted by molar-refractivity contribution is -0.122. The van der Waals surface area contributed by atoms with Gasteiger partial charge in [-0.15, -0.1) is 0 Å². The van der Waals surface area contributed by atoms with Crippen molar-refractivity contribution >= 4 is 27.3 Å². The Morgan fingerprint density at radius 3 is 2.43 bits per heavy atom. The quantitative estimate of drug-likeness (QED) is 0.830. The Labute approximate surface area is 138 Å². The molecule has 1 fully saturated rings. The van der Waals surface area contributed by atoms with Crippen molar-refractivity contribution in [3.8, 4) is 0 Å². The molecule has 0 radical (unpaired) electrons. The van der Waals surface area contributed by atoms with Gasteiger partial charge in [0.25, 0.3) is 0 Å². The summed E-state index contributed by atoms with van der Waals surface area (Å²) >= 11 is 0. The van der Waals surface area contributed by atoms with Crippen LogP contribution in [0.3, 0.4) is 0 Å². The van der Waals surface area contributed by atoms with E-state index in [-0.39, 0.29) is 23.7 Å². The molecule has 1 aliphatic heterocycles. The number of hydrogen-bond donors (Lipinski definition) is 2. The smallest absolute Gasteiger partial charge is 0.242 e. The van der Waals surface area contributed by atoms with Crippen LogP contribution in [0.5, 0.6) is 0 Å². The minimum absolute atomic E-state index is 0.0504. The van der Waals surface area contributed by atoms with Gasteiger partial charge in [0.05, 0.1) is 11.4 Å². The van der Waals surface area contributed by atoms with E-state index in [9.17, 15) is 13.2 Å². The second kappa shape index (κ2) is 7.21. The minimum Gasteiger partial charge on any atom is -0.374 e. The van der Waals surface area contributed by atoms with Crippen molar-refractivity contribution in [2.75, 3.05) is 21.9 Å². The van der Waals surface area contributed by atoms with Crippen LogP contribution in [0.2, 0.25) is 0 Å². The van der Waals surface area contributed by atoms with E-state index < -0.39 is 10.0 Å². The molecular formula is C16H25N3O3S. The molecule has 2 rings (SSSR count). The third-order valence-corrected chi connectivity index (χ3v) is 5.90. The first-order chi connectivity index (χ1) is 10.8. The molecule has 2 atom stereocenters. The van der Waals surface area contributed by atoms with Gasteiger partial charge in [-0.1, -0.05) is 6.92 Å². The number of carbonyl (C=O) groups is 1. The molecule has 0 spiro atoms. The molecule has 23 heavy (non-hydrogen) atoms. The Morgan fingerprint density at radius 2 is 1.91 bits per heavy atom. The first kappa shape index (κ1) is 17.6. The summed E-state index contributed by atoms with van der Waals surface area (Å²) in [6, 6.07) is 6.93. The van der Waals surface area contributed by atoms with Crippen LogP contribution >= 0.6 is 0 Å². The summed E-state index contributed by atoms with van der Waals surface area (Å²) < 4.78 is 25.2. The van der Waals surface area contributed by atoms with E-state index >= 15 is 0 Å². The van der Waals surface area contributed by atoms with E-state index in [0.717, 1.165) is 12.1 Å². The van der Waals surface area contributed by atoms with Crippen molar-refractivity contribution in [1.82, 2.24) is 5.32 Å². The molecule has 1 saturated heterocycles. The van der Waals surface area contributed by atoms with Crippen LogP contribution in [0.15, 0.2) is 24.3 Å². The standard InChI is InChI=1S/C16H25N3O3S/c1-4-12(2)17-16(20)13(3)18-14-6-8-15(9-7-14)19-10-5-11-23(19,21)22/h6-9,12-13,18H,4-5,10-11H2,1-3H3,(H,17,20)/t12-,13-/m1/s1. The molecule has 6 nitrogen and oxygen atoms in total. The number of rotatable bonds is 6. The number of nitrogens with one attached hydrogen (secondary N) is 2. The molecule has 0 saturated carbocycles. The maximum atomic E-state index is 12.0. The summed E-state index contributed by atoms with van der Waals surface area (Å²) in [6.45, 7) is 6.32. The van der Waals surface area contributed by atoms with Gasteiger partial charge in [0, 0.05) is 18.3 Å². The Bertz CT molecular complexity index is 643. The fourth-order valence-corrected chi connectivity index (χ4v) is 4.00. The lowest BCUT2D eigenvalue weighted by Crippen LogP contribution is -2.41. The number of anilines is 2. The number of amides is 1. The minimum atomic E-state index is -3.16. The molecule has 7 heteroatoms. The van der Waals surface area contributed by atoms with Crippen molar-refractivity contribution in [1.29, 1.82) is 0 Å². The summed E-state index contributed by atoms with van der Waals surface area (Å²) in [6.07, 6.45) is 1.55. The van der Waals surface area contributed by atoms with Crippen LogP contribution in [0.4, 0.5) is 11.4 Å². The number of nitrogens with zero attached hydrogens (tertiary/aromatic N) is 1. The Morgan fingerprint density at radius 1 is 1.26 bits per heavy atom. The first-order valence-electron chi connectivity index (χ1n) is 8.01. The first-order valence-corrected chi connectivity index (χ1v) is 9.62. The van der Waals surface area contributed by atoms with Crippen LogP contribution in [0, 0.1) is 0 Å². The maximum Gasteiger partial charge on any atom is 0.242 e. The molecule has 0 aliphatic carbocycles. The van der Waals surface area contributed by atoms with Gasteiger partial charge in [0.2, 0.25) is 15.9 Å². The van der Waals surface area contributed by atoms with Crippen LogP contribution < -0.4 is 14.9 Å². The van der Waals surface area contributed by atoms with E-state index in [4.69, 9.17) is 0 Å². The topological polar surface area (TPSA) is 78.5 Å². The van der Waals surface area contributed by atoms with E-state index in [1.165, 1.54) is 4.31 Å². The average Bonchev–Trinajstić information content (AvgIpc) is 2.87. The van der Waals surface area contributed by atoms with Gasteiger partial charge in [-0.05, 0) is 51.0 Å². The van der Waals surface area contributed by atoms with Crippen molar-refractivity contribution in [2.45, 2.75) is 45.7 Å². The van der Waals surface area contributed by atoms with Gasteiger partial charge in [-0.2, -0.15) is 0 Å². The SMILES string of the molecule is CC[C@@H](C)NC(=O)[C@@H](C)Nc1ccc(N2CCCS2(=O)=O)cc1. The van der Waals surface area contributed by atoms with E-state index in [1.54, 1.807) is 31.2 Å². The number of sulfonamides is 1. The average molecular weight is 339 g/mol. The van der Waals surface area contributed by atoms with Crippen molar-refractivity contribution in [2.24, 2.45) is 0 Å². The second-order valence-corrected chi connectivity index (χ2v) is 7.99. The zero-order chi connectivity index (χ0) is 17.0. The van der Waals surface area contributed by atoms with E-state index in [0.29, 0.717) is 18.7 Å². The number of hydrogen-bond acceptors (Lipinski definition) is 4. The van der Waals surface area contributed by atoms with Gasteiger partial charge in [0.15, 0.2) is 0 Å². The summed E-state index contributed by atoms with van der Waals surface area (Å²) in [5.41, 5.74) is 1.46. The third kappa shape index (κ3) is 4.37. The number of benzene rings is 1. The molecule has 1 aromatic rings. The molecule has 0 bridgehead atoms. The van der Waals surface area contributed by atoms with Gasteiger partial charge in [-0.3, -0.25) is 9.10 Å². The van der Waals surface area contributed by atoms with E-state index in [2.05, 4.69) is 10.6 Å². The molecule has 128 valence electrons. The van der Waals surface area contributed by atoms with Gasteiger partial charge in [0.1, 0.15) is 6.04 Å². The normalized spacial score (nSPS) is 19.2. The van der Waals surface area contributed by atoms with Crippen LogP contribution in [-0.4, -0.2) is 38.7 Å². The molecule has 1 aromatic carbocycles. The Hall–Kier alpha value is -1.76. The molecular weight excluding hydrogens is 314 g/mol. The van der Waals surface area contributed by atoms with Crippen LogP contribution in [0.25, 0.3) is 0 Å². The monoisotopic (exact) mass is 339 g/mol. The highest BCUT2D eigenvalue weighted by molar-refractivity contribution is 7.93. The van der Waals surface area contributed by atoms with E-state index in [1.807, 2.05) is 13.8 Å². The molecule has 1 heterocycles. The summed E-state index contributed by atoms with van der Waals surface area (Å²) in [5.74, 6) is 0.158.